The molecule has 6 heteroatoms. The Kier molecular flexibility index (Phi) is 5.71. The second kappa shape index (κ2) is 7.28. The normalized spacial score (nSPS) is 11.5. The monoisotopic (exact) mass is 279 g/mol. The Balaban J connectivity index is 2.79. The van der Waals surface area contributed by atoms with Gasteiger partial charge in [-0.3, -0.25) is 4.79 Å². The molecular weight excluding hydrogens is 262 g/mol. The lowest BCUT2D eigenvalue weighted by atomic mass is 10.1. The standard InChI is InChI=1S/C14H17NO5/c1-3-9-5-7-10(8-6-9)12(16)15-11(13(17)18)14(19)20-4-2/h5-8,11H,3-4H2,1-2H3,(H,15,16)(H,17,18). The van der Waals surface area contributed by atoms with Crippen molar-refractivity contribution in [2.24, 2.45) is 0 Å². The maximum Gasteiger partial charge on any atom is 0.340 e. The summed E-state index contributed by atoms with van der Waals surface area (Å²) in [7, 11) is 0. The van der Waals surface area contributed by atoms with E-state index in [9.17, 15) is 14.4 Å². The van der Waals surface area contributed by atoms with Gasteiger partial charge in [0.2, 0.25) is 6.04 Å². The third kappa shape index (κ3) is 4.08. The van der Waals surface area contributed by atoms with Crippen molar-refractivity contribution in [2.45, 2.75) is 26.3 Å². The summed E-state index contributed by atoms with van der Waals surface area (Å²) >= 11 is 0. The third-order valence-electron chi connectivity index (χ3n) is 2.67. The van der Waals surface area contributed by atoms with Crippen LogP contribution in [0.1, 0.15) is 29.8 Å². The van der Waals surface area contributed by atoms with Gasteiger partial charge in [-0.1, -0.05) is 19.1 Å². The Bertz CT molecular complexity index is 495. The molecule has 0 aliphatic heterocycles. The van der Waals surface area contributed by atoms with Crippen LogP contribution in [0.3, 0.4) is 0 Å². The van der Waals surface area contributed by atoms with E-state index in [2.05, 4.69) is 10.1 Å². The smallest absolute Gasteiger partial charge is 0.340 e. The molecule has 0 bridgehead atoms. The molecule has 0 saturated heterocycles. The maximum absolute atomic E-state index is 11.9. The summed E-state index contributed by atoms with van der Waals surface area (Å²) < 4.78 is 4.60. The van der Waals surface area contributed by atoms with E-state index < -0.39 is 23.9 Å². The number of carbonyl (C=O) groups is 3. The molecular formula is C14H17NO5. The number of carboxylic acid groups (broad SMARTS) is 1. The van der Waals surface area contributed by atoms with Gasteiger partial charge in [0.25, 0.3) is 5.91 Å². The van der Waals surface area contributed by atoms with Crippen molar-refractivity contribution < 1.29 is 24.2 Å². The summed E-state index contributed by atoms with van der Waals surface area (Å²) in [6, 6.07) is 5.01. The average Bonchev–Trinajstić information content (AvgIpc) is 2.44. The van der Waals surface area contributed by atoms with Gasteiger partial charge in [-0.25, -0.2) is 9.59 Å². The Morgan fingerprint density at radius 1 is 1.20 bits per heavy atom. The number of ether oxygens (including phenoxy) is 1. The quantitative estimate of drug-likeness (QED) is 0.598. The third-order valence-corrected chi connectivity index (χ3v) is 2.67. The maximum atomic E-state index is 11.9. The average molecular weight is 279 g/mol. The number of esters is 1. The largest absolute Gasteiger partial charge is 0.479 e. The van der Waals surface area contributed by atoms with Crippen molar-refractivity contribution in [1.82, 2.24) is 5.32 Å². The van der Waals surface area contributed by atoms with Gasteiger partial charge in [0.15, 0.2) is 0 Å². The molecule has 0 spiro atoms. The first-order chi connectivity index (χ1) is 9.49. The molecule has 20 heavy (non-hydrogen) atoms. The molecule has 1 atom stereocenters. The highest BCUT2D eigenvalue weighted by atomic mass is 16.5. The zero-order chi connectivity index (χ0) is 15.1. The number of carbonyl (C=O) groups excluding carboxylic acids is 2. The second-order valence-corrected chi connectivity index (χ2v) is 4.05. The minimum absolute atomic E-state index is 0.0453. The van der Waals surface area contributed by atoms with Gasteiger partial charge in [0, 0.05) is 5.56 Å². The molecule has 2 N–H and O–H groups in total. The van der Waals surface area contributed by atoms with Crippen LogP contribution in [0.15, 0.2) is 24.3 Å². The summed E-state index contributed by atoms with van der Waals surface area (Å²) in [5.41, 5.74) is 1.35. The van der Waals surface area contributed by atoms with Crippen molar-refractivity contribution in [3.05, 3.63) is 35.4 Å². The van der Waals surface area contributed by atoms with Gasteiger partial charge in [-0.2, -0.15) is 0 Å². The Morgan fingerprint density at radius 3 is 2.25 bits per heavy atom. The Labute approximate surface area is 116 Å². The lowest BCUT2D eigenvalue weighted by Gasteiger charge is -2.13. The van der Waals surface area contributed by atoms with Crippen LogP contribution in [0, 0.1) is 0 Å². The van der Waals surface area contributed by atoms with E-state index in [-0.39, 0.29) is 12.2 Å². The Hall–Kier alpha value is -2.37. The number of aliphatic carboxylic acids is 1. The molecule has 0 aliphatic rings. The van der Waals surface area contributed by atoms with Crippen molar-refractivity contribution in [3.8, 4) is 0 Å². The highest BCUT2D eigenvalue weighted by molar-refractivity contribution is 6.05. The van der Waals surface area contributed by atoms with E-state index in [1.165, 1.54) is 0 Å². The molecule has 1 aromatic rings. The fraction of sp³-hybridized carbons (Fsp3) is 0.357. The van der Waals surface area contributed by atoms with Crippen molar-refractivity contribution in [1.29, 1.82) is 0 Å². The minimum Gasteiger partial charge on any atom is -0.479 e. The highest BCUT2D eigenvalue weighted by Crippen LogP contribution is 2.05. The van der Waals surface area contributed by atoms with Crippen LogP contribution in [0.5, 0.6) is 0 Å². The molecule has 0 saturated carbocycles. The zero-order valence-electron chi connectivity index (χ0n) is 11.4. The second-order valence-electron chi connectivity index (χ2n) is 4.05. The van der Waals surface area contributed by atoms with Gasteiger partial charge in [0.05, 0.1) is 6.61 Å². The van der Waals surface area contributed by atoms with Gasteiger partial charge in [0.1, 0.15) is 0 Å². The summed E-state index contributed by atoms with van der Waals surface area (Å²) in [4.78, 5) is 34.3. The fourth-order valence-corrected chi connectivity index (χ4v) is 1.55. The summed E-state index contributed by atoms with van der Waals surface area (Å²) in [6.07, 6.45) is 0.836. The highest BCUT2D eigenvalue weighted by Gasteiger charge is 2.29. The SMILES string of the molecule is CCOC(=O)C(NC(=O)c1ccc(CC)cc1)C(=O)O. The number of carboxylic acids is 1. The number of nitrogens with one attached hydrogen (secondary N) is 1. The topological polar surface area (TPSA) is 92.7 Å². The molecule has 0 heterocycles. The minimum atomic E-state index is -1.70. The van der Waals surface area contributed by atoms with Crippen molar-refractivity contribution in [3.63, 3.8) is 0 Å². The molecule has 1 aromatic carbocycles. The molecule has 1 amide bonds. The molecule has 1 unspecified atom stereocenters. The molecule has 1 rings (SSSR count). The number of hydrogen-bond acceptors (Lipinski definition) is 4. The molecule has 0 fully saturated rings. The van der Waals surface area contributed by atoms with E-state index in [0.717, 1.165) is 12.0 Å². The van der Waals surface area contributed by atoms with Crippen LogP contribution in [-0.2, 0) is 20.7 Å². The zero-order valence-corrected chi connectivity index (χ0v) is 11.4. The fourth-order valence-electron chi connectivity index (χ4n) is 1.55. The van der Waals surface area contributed by atoms with Gasteiger partial charge >= 0.3 is 11.9 Å². The first-order valence-corrected chi connectivity index (χ1v) is 6.28. The number of amides is 1. The van der Waals surface area contributed by atoms with Crippen LogP contribution in [0.2, 0.25) is 0 Å². The predicted octanol–water partition coefficient (Wildman–Crippen LogP) is 0.995. The lowest BCUT2D eigenvalue weighted by Crippen LogP contribution is -2.47. The first kappa shape index (κ1) is 15.7. The van der Waals surface area contributed by atoms with E-state index >= 15 is 0 Å². The molecule has 0 aromatic heterocycles. The van der Waals surface area contributed by atoms with E-state index in [1.54, 1.807) is 31.2 Å². The van der Waals surface area contributed by atoms with Crippen LogP contribution in [0.25, 0.3) is 0 Å². The predicted molar refractivity (Wildman–Crippen MR) is 71.3 cm³/mol. The van der Waals surface area contributed by atoms with Gasteiger partial charge < -0.3 is 15.2 Å². The van der Waals surface area contributed by atoms with Crippen molar-refractivity contribution in [2.75, 3.05) is 6.61 Å². The Morgan fingerprint density at radius 2 is 1.80 bits per heavy atom. The summed E-state index contributed by atoms with van der Waals surface area (Å²) in [5, 5.41) is 11.1. The number of benzene rings is 1. The van der Waals surface area contributed by atoms with Crippen LogP contribution in [-0.4, -0.2) is 35.6 Å². The number of rotatable bonds is 6. The van der Waals surface area contributed by atoms with Crippen molar-refractivity contribution >= 4 is 17.8 Å². The van der Waals surface area contributed by atoms with Crippen LogP contribution in [0.4, 0.5) is 0 Å². The summed E-state index contributed by atoms with van der Waals surface area (Å²) in [6.45, 7) is 3.59. The first-order valence-electron chi connectivity index (χ1n) is 6.28. The van der Waals surface area contributed by atoms with E-state index in [4.69, 9.17) is 5.11 Å². The van der Waals surface area contributed by atoms with Gasteiger partial charge in [-0.15, -0.1) is 0 Å². The van der Waals surface area contributed by atoms with E-state index in [0.29, 0.717) is 0 Å². The molecule has 6 nitrogen and oxygen atoms in total. The molecule has 0 aliphatic carbocycles. The molecule has 108 valence electrons. The number of aryl methyl sites for hydroxylation is 1. The van der Waals surface area contributed by atoms with E-state index in [1.807, 2.05) is 6.92 Å². The van der Waals surface area contributed by atoms with Crippen LogP contribution < -0.4 is 5.32 Å². The lowest BCUT2D eigenvalue weighted by molar-refractivity contribution is -0.154. The van der Waals surface area contributed by atoms with Crippen LogP contribution >= 0.6 is 0 Å². The number of hydrogen-bond donors (Lipinski definition) is 2. The molecule has 0 radical (unpaired) electrons. The van der Waals surface area contributed by atoms with Gasteiger partial charge in [-0.05, 0) is 31.0 Å². The summed E-state index contributed by atoms with van der Waals surface area (Å²) in [5.74, 6) is -3.08.